The first-order chi connectivity index (χ1) is 15.3. The molecule has 0 saturated carbocycles. The summed E-state index contributed by atoms with van der Waals surface area (Å²) < 4.78 is 2.02. The number of nitriles is 1. The van der Waals surface area contributed by atoms with Gasteiger partial charge in [0.2, 0.25) is 0 Å². The average Bonchev–Trinajstić information content (AvgIpc) is 3.04. The zero-order valence-corrected chi connectivity index (χ0v) is 20.3. The molecule has 0 radical (unpaired) electrons. The first kappa shape index (κ1) is 23.8. The van der Waals surface area contributed by atoms with Gasteiger partial charge in [-0.15, -0.1) is 0 Å². The normalized spacial score (nSPS) is 14.8. The van der Waals surface area contributed by atoms with Gasteiger partial charge in [-0.3, -0.25) is 19.1 Å². The summed E-state index contributed by atoms with van der Waals surface area (Å²) in [6.07, 6.45) is 3.62. The van der Waals surface area contributed by atoms with E-state index in [1.807, 2.05) is 48.3 Å². The van der Waals surface area contributed by atoms with Crippen molar-refractivity contribution in [1.29, 1.82) is 5.26 Å². The predicted octanol–water partition coefficient (Wildman–Crippen LogP) is 4.20. The Morgan fingerprint density at radius 1 is 1.25 bits per heavy atom. The molecule has 0 aliphatic carbocycles. The van der Waals surface area contributed by atoms with Crippen molar-refractivity contribution in [3.8, 4) is 6.07 Å². The van der Waals surface area contributed by atoms with Crippen molar-refractivity contribution in [2.75, 3.05) is 18.5 Å². The zero-order valence-electron chi connectivity index (χ0n) is 18.7. The first-order valence-electron chi connectivity index (χ1n) is 10.4. The number of benzene rings is 1. The highest BCUT2D eigenvalue weighted by Crippen LogP contribution is 2.35. The molecule has 1 saturated heterocycles. The summed E-state index contributed by atoms with van der Waals surface area (Å²) in [4.78, 5) is 30.0. The second-order valence-electron chi connectivity index (χ2n) is 7.74. The maximum atomic E-state index is 13.0. The van der Waals surface area contributed by atoms with Crippen LogP contribution in [-0.2, 0) is 18.4 Å². The molecule has 0 atom stereocenters. The Hall–Kier alpha value is -2.89. The third kappa shape index (κ3) is 4.64. The number of unbranched alkanes of at least 4 members (excludes halogenated alkanes) is 1. The van der Waals surface area contributed by atoms with E-state index in [1.54, 1.807) is 24.9 Å². The van der Waals surface area contributed by atoms with Gasteiger partial charge >= 0.3 is 0 Å². The largest absolute Gasteiger partial charge is 0.356 e. The Morgan fingerprint density at radius 2 is 1.94 bits per heavy atom. The molecule has 0 bridgehead atoms. The molecule has 2 aromatic rings. The standard InChI is InChI=1S/C24H26N4O2S2/c1-5-6-12-28-23(30)20(32-24(28)31)13-18-16(2)19(14-25)22(29)27(4)21(18)26(3)15-17-10-8-7-9-11-17/h7-11,13H,5-6,12,15H2,1-4H3/b20-13-. The van der Waals surface area contributed by atoms with Crippen molar-refractivity contribution in [3.63, 3.8) is 0 Å². The smallest absolute Gasteiger partial charge is 0.270 e. The van der Waals surface area contributed by atoms with Crippen LogP contribution in [0.25, 0.3) is 6.08 Å². The third-order valence-corrected chi connectivity index (χ3v) is 6.85. The predicted molar refractivity (Wildman–Crippen MR) is 134 cm³/mol. The van der Waals surface area contributed by atoms with Gasteiger partial charge in [0.1, 0.15) is 21.8 Å². The number of hydrogen-bond acceptors (Lipinski definition) is 6. The summed E-state index contributed by atoms with van der Waals surface area (Å²) in [5.41, 5.74) is 2.05. The summed E-state index contributed by atoms with van der Waals surface area (Å²) in [5.74, 6) is 0.519. The number of nitrogens with zero attached hydrogens (tertiary/aromatic N) is 4. The van der Waals surface area contributed by atoms with Crippen molar-refractivity contribution in [3.05, 3.63) is 67.8 Å². The van der Waals surface area contributed by atoms with Gasteiger partial charge in [0.25, 0.3) is 11.5 Å². The number of pyridine rings is 1. The number of aromatic nitrogens is 1. The Bertz CT molecular complexity index is 1180. The van der Waals surface area contributed by atoms with Crippen LogP contribution in [0.4, 0.5) is 5.82 Å². The van der Waals surface area contributed by atoms with Gasteiger partial charge in [0, 0.05) is 32.7 Å². The number of thioether (sulfide) groups is 1. The average molecular weight is 467 g/mol. The highest BCUT2D eigenvalue weighted by molar-refractivity contribution is 8.26. The van der Waals surface area contributed by atoms with Crippen LogP contribution in [0, 0.1) is 18.3 Å². The lowest BCUT2D eigenvalue weighted by Gasteiger charge is -2.26. The van der Waals surface area contributed by atoms with Crippen LogP contribution in [0.3, 0.4) is 0 Å². The van der Waals surface area contributed by atoms with Crippen LogP contribution >= 0.6 is 24.0 Å². The molecule has 1 fully saturated rings. The molecule has 0 N–H and O–H groups in total. The van der Waals surface area contributed by atoms with Gasteiger partial charge in [0.15, 0.2) is 0 Å². The van der Waals surface area contributed by atoms with Crippen molar-refractivity contribution in [1.82, 2.24) is 9.47 Å². The molecule has 1 aliphatic rings. The van der Waals surface area contributed by atoms with Gasteiger partial charge in [0.05, 0.1) is 4.91 Å². The van der Waals surface area contributed by atoms with Crippen LogP contribution in [0.5, 0.6) is 0 Å². The number of carbonyl (C=O) groups excluding carboxylic acids is 1. The number of hydrogen-bond donors (Lipinski definition) is 0. The molecule has 166 valence electrons. The monoisotopic (exact) mass is 466 g/mol. The molecule has 6 nitrogen and oxygen atoms in total. The summed E-state index contributed by atoms with van der Waals surface area (Å²) in [6.45, 7) is 4.98. The quantitative estimate of drug-likeness (QED) is 0.450. The maximum Gasteiger partial charge on any atom is 0.270 e. The van der Waals surface area contributed by atoms with Gasteiger partial charge in [-0.25, -0.2) is 0 Å². The van der Waals surface area contributed by atoms with Crippen LogP contribution in [0.15, 0.2) is 40.0 Å². The summed E-state index contributed by atoms with van der Waals surface area (Å²) in [6, 6.07) is 12.0. The van der Waals surface area contributed by atoms with Gasteiger partial charge in [-0.1, -0.05) is 67.7 Å². The minimum absolute atomic E-state index is 0.0806. The summed E-state index contributed by atoms with van der Waals surface area (Å²) in [5, 5.41) is 9.61. The zero-order chi connectivity index (χ0) is 23.4. The summed E-state index contributed by atoms with van der Waals surface area (Å²) >= 11 is 6.70. The molecule has 3 rings (SSSR count). The molecule has 8 heteroatoms. The molecule has 32 heavy (non-hydrogen) atoms. The lowest BCUT2D eigenvalue weighted by atomic mass is 10.0. The second-order valence-corrected chi connectivity index (χ2v) is 9.42. The first-order valence-corrected chi connectivity index (χ1v) is 11.7. The van der Waals surface area contributed by atoms with Crippen molar-refractivity contribution in [2.45, 2.75) is 33.2 Å². The van der Waals surface area contributed by atoms with E-state index in [-0.39, 0.29) is 17.0 Å². The Labute approximate surface area is 198 Å². The molecule has 1 aromatic heterocycles. The summed E-state index contributed by atoms with van der Waals surface area (Å²) in [7, 11) is 3.56. The van der Waals surface area contributed by atoms with E-state index >= 15 is 0 Å². The SMILES string of the molecule is CCCCN1C(=O)/C(=C/c2c(C)c(C#N)c(=O)n(C)c2N(C)Cc2ccccc2)SC1=S. The molecule has 0 unspecified atom stereocenters. The highest BCUT2D eigenvalue weighted by Gasteiger charge is 2.32. The number of anilines is 1. The molecular weight excluding hydrogens is 440 g/mol. The van der Waals surface area contributed by atoms with E-state index in [2.05, 4.69) is 6.92 Å². The van der Waals surface area contributed by atoms with E-state index in [0.29, 0.717) is 39.3 Å². The number of carbonyl (C=O) groups is 1. The van der Waals surface area contributed by atoms with E-state index < -0.39 is 0 Å². The van der Waals surface area contributed by atoms with E-state index in [4.69, 9.17) is 12.2 Å². The third-order valence-electron chi connectivity index (χ3n) is 5.48. The number of rotatable bonds is 7. The highest BCUT2D eigenvalue weighted by atomic mass is 32.2. The second kappa shape index (κ2) is 10.2. The molecular formula is C24H26N4O2S2. The number of thiocarbonyl (C=S) groups is 1. The Morgan fingerprint density at radius 3 is 2.56 bits per heavy atom. The fourth-order valence-electron chi connectivity index (χ4n) is 3.75. The number of amides is 1. The maximum absolute atomic E-state index is 13.0. The molecule has 1 aliphatic heterocycles. The van der Waals surface area contributed by atoms with Crippen LogP contribution in [0.2, 0.25) is 0 Å². The van der Waals surface area contributed by atoms with Gasteiger partial charge in [-0.2, -0.15) is 5.26 Å². The van der Waals surface area contributed by atoms with Crippen molar-refractivity contribution in [2.24, 2.45) is 7.05 Å². The van der Waals surface area contributed by atoms with E-state index in [0.717, 1.165) is 18.4 Å². The molecule has 0 spiro atoms. The molecule has 1 amide bonds. The molecule has 1 aromatic carbocycles. The Balaban J connectivity index is 2.12. The van der Waals surface area contributed by atoms with E-state index in [9.17, 15) is 14.9 Å². The van der Waals surface area contributed by atoms with E-state index in [1.165, 1.54) is 16.3 Å². The molecule has 2 heterocycles. The fraction of sp³-hybridized carbons (Fsp3) is 0.333. The van der Waals surface area contributed by atoms with Crippen molar-refractivity contribution < 1.29 is 4.79 Å². The van der Waals surface area contributed by atoms with Gasteiger partial charge in [-0.05, 0) is 30.5 Å². The fourth-order valence-corrected chi connectivity index (χ4v) is 5.04. The minimum atomic E-state index is -0.354. The topological polar surface area (TPSA) is 69.3 Å². The minimum Gasteiger partial charge on any atom is -0.356 e. The van der Waals surface area contributed by atoms with Crippen LogP contribution in [0.1, 0.15) is 42.0 Å². The Kier molecular flexibility index (Phi) is 7.54. The lowest BCUT2D eigenvalue weighted by molar-refractivity contribution is -0.122. The van der Waals surface area contributed by atoms with Crippen molar-refractivity contribution >= 4 is 46.1 Å². The lowest BCUT2D eigenvalue weighted by Crippen LogP contribution is -2.31. The van der Waals surface area contributed by atoms with Crippen LogP contribution in [-0.4, -0.2) is 33.3 Å². The van der Waals surface area contributed by atoms with Gasteiger partial charge < -0.3 is 4.90 Å². The van der Waals surface area contributed by atoms with Crippen LogP contribution < -0.4 is 10.5 Å².